The molecule has 0 radical (unpaired) electrons. The zero-order valence-corrected chi connectivity index (χ0v) is 20.7. The largest absolute Gasteiger partial charge is 0.325 e. The summed E-state index contributed by atoms with van der Waals surface area (Å²) < 4.78 is 27.5. The molecule has 0 saturated heterocycles. The van der Waals surface area contributed by atoms with E-state index in [2.05, 4.69) is 21.1 Å². The molecule has 2 heterocycles. The van der Waals surface area contributed by atoms with Crippen molar-refractivity contribution in [3.63, 3.8) is 0 Å². The second-order valence-electron chi connectivity index (χ2n) is 8.15. The van der Waals surface area contributed by atoms with E-state index in [0.29, 0.717) is 16.3 Å². The molecule has 0 aliphatic heterocycles. The Kier molecular flexibility index (Phi) is 8.00. The van der Waals surface area contributed by atoms with Gasteiger partial charge in [-0.3, -0.25) is 9.52 Å². The Morgan fingerprint density at radius 2 is 1.83 bits per heavy atom. The number of hydrogen-bond acceptors (Lipinski definition) is 7. The number of carbonyl (C=O) groups excluding carboxylic acids is 1. The van der Waals surface area contributed by atoms with Crippen LogP contribution in [0.3, 0.4) is 0 Å². The molecular formula is C25H25N5O3S2. The number of nitrogens with zero attached hydrogens (tertiary/aromatic N) is 3. The number of sulfonamides is 1. The summed E-state index contributed by atoms with van der Waals surface area (Å²) in [6.45, 7) is 0. The number of aromatic nitrogens is 2. The zero-order valence-electron chi connectivity index (χ0n) is 19.0. The van der Waals surface area contributed by atoms with Crippen LogP contribution in [0.4, 0.5) is 11.5 Å². The summed E-state index contributed by atoms with van der Waals surface area (Å²) in [6, 6.07) is 15.0. The number of benzene rings is 1. The number of fused-ring (bicyclic) bond motifs is 1. The van der Waals surface area contributed by atoms with Gasteiger partial charge in [0.2, 0.25) is 5.91 Å². The maximum absolute atomic E-state index is 12.5. The molecule has 0 saturated carbocycles. The van der Waals surface area contributed by atoms with Crippen LogP contribution in [0.15, 0.2) is 64.6 Å². The Morgan fingerprint density at radius 3 is 2.54 bits per heavy atom. The van der Waals surface area contributed by atoms with Gasteiger partial charge in [0.05, 0.1) is 16.2 Å². The molecule has 0 spiro atoms. The van der Waals surface area contributed by atoms with Crippen molar-refractivity contribution in [1.29, 1.82) is 5.26 Å². The molecule has 0 atom stereocenters. The van der Waals surface area contributed by atoms with E-state index in [4.69, 9.17) is 4.98 Å². The maximum atomic E-state index is 12.5. The molecule has 4 rings (SSSR count). The molecule has 2 aromatic heterocycles. The number of pyridine rings is 2. The van der Waals surface area contributed by atoms with Gasteiger partial charge in [-0.1, -0.05) is 30.7 Å². The topological polar surface area (TPSA) is 125 Å². The molecule has 2 N–H and O–H groups in total. The van der Waals surface area contributed by atoms with Gasteiger partial charge < -0.3 is 5.32 Å². The van der Waals surface area contributed by atoms with Gasteiger partial charge in [-0.05, 0) is 73.7 Å². The number of thioether (sulfide) groups is 1. The summed E-state index contributed by atoms with van der Waals surface area (Å²) in [5.41, 5.74) is 3.14. The van der Waals surface area contributed by atoms with Crippen molar-refractivity contribution in [3.05, 3.63) is 71.5 Å². The molecule has 0 bridgehead atoms. The van der Waals surface area contributed by atoms with Crippen molar-refractivity contribution in [1.82, 2.24) is 9.97 Å². The summed E-state index contributed by atoms with van der Waals surface area (Å²) in [5.74, 6) is 0.0390. The van der Waals surface area contributed by atoms with E-state index in [1.165, 1.54) is 55.1 Å². The number of aryl methyl sites for hydroxylation is 2. The lowest BCUT2D eigenvalue weighted by Crippen LogP contribution is -2.16. The fraction of sp³-hybridized carbons (Fsp3) is 0.280. The number of amides is 1. The van der Waals surface area contributed by atoms with Gasteiger partial charge >= 0.3 is 0 Å². The van der Waals surface area contributed by atoms with E-state index in [-0.39, 0.29) is 22.4 Å². The Morgan fingerprint density at radius 1 is 1.06 bits per heavy atom. The van der Waals surface area contributed by atoms with E-state index in [1.54, 1.807) is 18.2 Å². The summed E-state index contributed by atoms with van der Waals surface area (Å²) in [4.78, 5) is 21.3. The quantitative estimate of drug-likeness (QED) is 0.450. The number of nitriles is 1. The predicted octanol–water partition coefficient (Wildman–Crippen LogP) is 4.54. The van der Waals surface area contributed by atoms with Crippen LogP contribution >= 0.6 is 11.8 Å². The summed E-state index contributed by atoms with van der Waals surface area (Å²) in [7, 11) is -3.79. The normalized spacial score (nSPS) is 13.6. The lowest BCUT2D eigenvalue weighted by Gasteiger charge is -2.15. The van der Waals surface area contributed by atoms with E-state index in [9.17, 15) is 18.5 Å². The maximum Gasteiger partial charge on any atom is 0.263 e. The molecule has 0 fully saturated rings. The molecule has 0 unspecified atom stereocenters. The number of rotatable bonds is 7. The molecule has 10 heteroatoms. The van der Waals surface area contributed by atoms with Crippen molar-refractivity contribution in [2.45, 2.75) is 48.4 Å². The number of carbonyl (C=O) groups is 1. The molecule has 1 aliphatic carbocycles. The van der Waals surface area contributed by atoms with Crippen LogP contribution < -0.4 is 10.0 Å². The fourth-order valence-corrected chi connectivity index (χ4v) is 5.61. The van der Waals surface area contributed by atoms with E-state index in [0.717, 1.165) is 36.9 Å². The first-order valence-corrected chi connectivity index (χ1v) is 13.8. The molecular weight excluding hydrogens is 482 g/mol. The Hall–Kier alpha value is -3.42. The first-order chi connectivity index (χ1) is 16.9. The third-order valence-corrected chi connectivity index (χ3v) is 7.94. The van der Waals surface area contributed by atoms with Crippen LogP contribution in [0, 0.1) is 11.3 Å². The zero-order chi connectivity index (χ0) is 24.7. The van der Waals surface area contributed by atoms with Crippen LogP contribution in [0.25, 0.3) is 0 Å². The number of hydrogen-bond donors (Lipinski definition) is 2. The molecule has 35 heavy (non-hydrogen) atoms. The van der Waals surface area contributed by atoms with Crippen LogP contribution in [0.1, 0.15) is 42.5 Å². The summed E-state index contributed by atoms with van der Waals surface area (Å²) in [5, 5.41) is 12.9. The van der Waals surface area contributed by atoms with Crippen molar-refractivity contribution >= 4 is 39.2 Å². The third-order valence-electron chi connectivity index (χ3n) is 5.58. The highest BCUT2D eigenvalue weighted by atomic mass is 32.2. The van der Waals surface area contributed by atoms with E-state index in [1.807, 2.05) is 6.07 Å². The third kappa shape index (κ3) is 6.59. The van der Waals surface area contributed by atoms with Gasteiger partial charge in [-0.15, -0.1) is 0 Å². The van der Waals surface area contributed by atoms with Gasteiger partial charge in [0.15, 0.2) is 0 Å². The van der Waals surface area contributed by atoms with Crippen molar-refractivity contribution in [3.8, 4) is 6.07 Å². The number of anilines is 2. The molecule has 3 aromatic rings. The minimum absolute atomic E-state index is 0.0548. The van der Waals surface area contributed by atoms with Crippen molar-refractivity contribution < 1.29 is 13.2 Å². The van der Waals surface area contributed by atoms with Gasteiger partial charge in [0.25, 0.3) is 10.0 Å². The smallest absolute Gasteiger partial charge is 0.263 e. The Labute approximate surface area is 209 Å². The minimum atomic E-state index is -3.79. The molecule has 1 aromatic carbocycles. The Bertz CT molecular complexity index is 1340. The van der Waals surface area contributed by atoms with Gasteiger partial charge in [-0.2, -0.15) is 5.26 Å². The first kappa shape index (κ1) is 24.7. The van der Waals surface area contributed by atoms with Crippen LogP contribution in [0.5, 0.6) is 0 Å². The van der Waals surface area contributed by atoms with Crippen molar-refractivity contribution in [2.75, 3.05) is 15.8 Å². The highest BCUT2D eigenvalue weighted by molar-refractivity contribution is 8.00. The van der Waals surface area contributed by atoms with Gasteiger partial charge in [0, 0.05) is 17.6 Å². The monoisotopic (exact) mass is 507 g/mol. The molecule has 8 nitrogen and oxygen atoms in total. The minimum Gasteiger partial charge on any atom is -0.325 e. The Balaban J connectivity index is 1.37. The highest BCUT2D eigenvalue weighted by Crippen LogP contribution is 2.27. The van der Waals surface area contributed by atoms with E-state index >= 15 is 0 Å². The number of nitrogens with one attached hydrogen (secondary N) is 2. The standard InChI is InChI=1S/C25H25N5O3S2/c26-16-19-15-18-7-3-1-2-4-8-22(18)29-25(19)34-17-24(31)28-20-10-12-21(13-11-20)35(32,33)30-23-9-5-6-14-27-23/h5-6,9-15H,1-4,7-8,17H2,(H,27,30)(H,28,31). The predicted molar refractivity (Wildman–Crippen MR) is 136 cm³/mol. The van der Waals surface area contributed by atoms with E-state index < -0.39 is 10.0 Å². The lowest BCUT2D eigenvalue weighted by molar-refractivity contribution is -0.113. The molecule has 1 aliphatic rings. The van der Waals surface area contributed by atoms with Crippen molar-refractivity contribution in [2.24, 2.45) is 0 Å². The second-order valence-corrected chi connectivity index (χ2v) is 10.8. The fourth-order valence-electron chi connectivity index (χ4n) is 3.83. The highest BCUT2D eigenvalue weighted by Gasteiger charge is 2.17. The SMILES string of the molecule is N#Cc1cc2c(nc1SCC(=O)Nc1ccc(S(=O)(=O)Nc3ccccn3)cc1)CCCCCC2. The lowest BCUT2D eigenvalue weighted by atomic mass is 9.96. The van der Waals surface area contributed by atoms with Gasteiger partial charge in [-0.25, -0.2) is 18.4 Å². The average molecular weight is 508 g/mol. The molecule has 180 valence electrons. The van der Waals surface area contributed by atoms with Crippen LogP contribution in [-0.2, 0) is 27.7 Å². The average Bonchev–Trinajstić information content (AvgIpc) is 2.84. The first-order valence-electron chi connectivity index (χ1n) is 11.3. The summed E-state index contributed by atoms with van der Waals surface area (Å²) in [6.07, 6.45) is 7.90. The molecule has 1 amide bonds. The second kappa shape index (κ2) is 11.3. The van der Waals surface area contributed by atoms with Crippen LogP contribution in [0.2, 0.25) is 0 Å². The van der Waals surface area contributed by atoms with Crippen LogP contribution in [-0.4, -0.2) is 30.0 Å². The van der Waals surface area contributed by atoms with Gasteiger partial charge in [0.1, 0.15) is 16.9 Å². The summed E-state index contributed by atoms with van der Waals surface area (Å²) >= 11 is 1.23.